The molecule has 0 aliphatic heterocycles. The third-order valence-electron chi connectivity index (χ3n) is 2.89. The predicted octanol–water partition coefficient (Wildman–Crippen LogP) is 4.44. The maximum atomic E-state index is 4.57. The molecule has 0 atom stereocenters. The van der Waals surface area contributed by atoms with Crippen LogP contribution >= 0.6 is 27.7 Å². The van der Waals surface area contributed by atoms with Gasteiger partial charge in [-0.1, -0.05) is 19.9 Å². The molecule has 0 unspecified atom stereocenters. The van der Waals surface area contributed by atoms with Gasteiger partial charge in [0.15, 0.2) is 0 Å². The summed E-state index contributed by atoms with van der Waals surface area (Å²) < 4.78 is 0.999. The summed E-state index contributed by atoms with van der Waals surface area (Å²) in [5.41, 5.74) is 2.40. The van der Waals surface area contributed by atoms with Gasteiger partial charge in [0.25, 0.3) is 0 Å². The number of hydrogen-bond acceptors (Lipinski definition) is 4. The Morgan fingerprint density at radius 1 is 1.29 bits per heavy atom. The monoisotopic (exact) mass is 365 g/mol. The number of aromatic nitrogens is 2. The molecule has 0 saturated heterocycles. The molecule has 21 heavy (non-hydrogen) atoms. The number of pyridine rings is 2. The van der Waals surface area contributed by atoms with Crippen LogP contribution in [-0.4, -0.2) is 16.5 Å². The van der Waals surface area contributed by atoms with Gasteiger partial charge in [-0.2, -0.15) is 0 Å². The quantitative estimate of drug-likeness (QED) is 0.820. The van der Waals surface area contributed by atoms with Crippen LogP contribution in [0.2, 0.25) is 0 Å². The maximum absolute atomic E-state index is 4.57. The van der Waals surface area contributed by atoms with Crippen molar-refractivity contribution in [3.8, 4) is 0 Å². The molecule has 2 rings (SSSR count). The molecule has 0 bridgehead atoms. The lowest BCUT2D eigenvalue weighted by Gasteiger charge is -2.10. The van der Waals surface area contributed by atoms with E-state index in [1.54, 1.807) is 18.0 Å². The van der Waals surface area contributed by atoms with Gasteiger partial charge in [-0.15, -0.1) is 0 Å². The van der Waals surface area contributed by atoms with E-state index < -0.39 is 0 Å². The average Bonchev–Trinajstić information content (AvgIpc) is 2.43. The fourth-order valence-electron chi connectivity index (χ4n) is 1.87. The van der Waals surface area contributed by atoms with Crippen LogP contribution in [-0.2, 0) is 6.54 Å². The summed E-state index contributed by atoms with van der Waals surface area (Å²) in [4.78, 5) is 8.94. The molecule has 1 N–H and O–H groups in total. The number of nitrogens with one attached hydrogen (secondary N) is 1. The Kier molecular flexibility index (Phi) is 6.21. The van der Waals surface area contributed by atoms with Gasteiger partial charge in [0.2, 0.25) is 0 Å². The van der Waals surface area contributed by atoms with E-state index in [1.807, 2.05) is 18.3 Å². The lowest BCUT2D eigenvalue weighted by atomic mass is 10.2. The molecular weight excluding hydrogens is 346 g/mol. The minimum Gasteiger partial charge on any atom is -0.312 e. The highest BCUT2D eigenvalue weighted by Crippen LogP contribution is 2.32. The van der Waals surface area contributed by atoms with Crippen molar-refractivity contribution in [1.29, 1.82) is 0 Å². The first-order valence-corrected chi connectivity index (χ1v) is 8.62. The predicted molar refractivity (Wildman–Crippen MR) is 91.6 cm³/mol. The fourth-order valence-corrected chi connectivity index (χ4v) is 3.15. The maximum Gasteiger partial charge on any atom is 0.116 e. The second kappa shape index (κ2) is 7.92. The summed E-state index contributed by atoms with van der Waals surface area (Å²) in [6.07, 6.45) is 3.74. The van der Waals surface area contributed by atoms with Gasteiger partial charge < -0.3 is 5.32 Å². The molecule has 0 radical (unpaired) electrons. The number of halogens is 1. The van der Waals surface area contributed by atoms with E-state index in [0.29, 0.717) is 5.92 Å². The van der Waals surface area contributed by atoms with Crippen LogP contribution in [0.4, 0.5) is 0 Å². The van der Waals surface area contributed by atoms with Gasteiger partial charge in [0.05, 0.1) is 4.47 Å². The van der Waals surface area contributed by atoms with Crippen LogP contribution in [0.5, 0.6) is 0 Å². The Hall–Kier alpha value is -0.910. The summed E-state index contributed by atoms with van der Waals surface area (Å²) in [6, 6.07) is 6.10. The van der Waals surface area contributed by atoms with Crippen molar-refractivity contribution in [2.24, 2.45) is 5.92 Å². The third kappa shape index (κ3) is 5.09. The molecule has 5 heteroatoms. The zero-order chi connectivity index (χ0) is 15.2. The summed E-state index contributed by atoms with van der Waals surface area (Å²) in [5, 5.41) is 5.39. The summed E-state index contributed by atoms with van der Waals surface area (Å²) in [6.45, 7) is 8.40. The molecule has 0 saturated carbocycles. The van der Waals surface area contributed by atoms with Crippen molar-refractivity contribution in [2.75, 3.05) is 6.54 Å². The molecule has 0 spiro atoms. The average molecular weight is 366 g/mol. The fraction of sp³-hybridized carbons (Fsp3) is 0.375. The molecule has 2 aromatic heterocycles. The smallest absolute Gasteiger partial charge is 0.116 e. The molecule has 2 aromatic rings. The molecule has 2 heterocycles. The Balaban J connectivity index is 2.04. The second-order valence-corrected chi connectivity index (χ2v) is 7.21. The van der Waals surface area contributed by atoms with Gasteiger partial charge in [0, 0.05) is 18.9 Å². The van der Waals surface area contributed by atoms with E-state index >= 15 is 0 Å². The van der Waals surface area contributed by atoms with Crippen molar-refractivity contribution in [1.82, 2.24) is 15.3 Å². The van der Waals surface area contributed by atoms with Crippen molar-refractivity contribution < 1.29 is 0 Å². The van der Waals surface area contributed by atoms with Crippen molar-refractivity contribution in [3.63, 3.8) is 0 Å². The molecule has 112 valence electrons. The number of rotatable bonds is 6. The largest absolute Gasteiger partial charge is 0.312 e. The molecule has 0 aromatic carbocycles. The molecule has 0 aliphatic carbocycles. The highest BCUT2D eigenvalue weighted by molar-refractivity contribution is 9.10. The SMILES string of the molecule is Cc1cc(CNCC(C)C)cnc1Sc1ncccc1Br. The second-order valence-electron chi connectivity index (χ2n) is 5.38. The molecule has 0 fully saturated rings. The van der Waals surface area contributed by atoms with Crippen molar-refractivity contribution in [3.05, 3.63) is 46.2 Å². The van der Waals surface area contributed by atoms with E-state index in [0.717, 1.165) is 27.6 Å². The number of nitrogens with zero attached hydrogens (tertiary/aromatic N) is 2. The summed E-state index contributed by atoms with van der Waals surface area (Å²) in [5.74, 6) is 0.662. The Morgan fingerprint density at radius 3 is 2.76 bits per heavy atom. The molecule has 3 nitrogen and oxygen atoms in total. The molecule has 0 aliphatic rings. The van der Waals surface area contributed by atoms with Gasteiger partial charge >= 0.3 is 0 Å². The summed E-state index contributed by atoms with van der Waals surface area (Å²) in [7, 11) is 0. The zero-order valence-electron chi connectivity index (χ0n) is 12.6. The van der Waals surface area contributed by atoms with Crippen LogP contribution in [0.15, 0.2) is 45.1 Å². The van der Waals surface area contributed by atoms with Crippen molar-refractivity contribution >= 4 is 27.7 Å². The van der Waals surface area contributed by atoms with Crippen LogP contribution in [0, 0.1) is 12.8 Å². The highest BCUT2D eigenvalue weighted by Gasteiger charge is 2.08. The van der Waals surface area contributed by atoms with Gasteiger partial charge in [-0.3, -0.25) is 0 Å². The number of hydrogen-bond donors (Lipinski definition) is 1. The lowest BCUT2D eigenvalue weighted by molar-refractivity contribution is 0.551. The Labute approximate surface area is 139 Å². The first kappa shape index (κ1) is 16.5. The molecular formula is C16H20BrN3S. The minimum atomic E-state index is 0.662. The Morgan fingerprint density at radius 2 is 2.10 bits per heavy atom. The first-order chi connectivity index (χ1) is 10.1. The third-order valence-corrected chi connectivity index (χ3v) is 4.93. The van der Waals surface area contributed by atoms with Crippen LogP contribution in [0.1, 0.15) is 25.0 Å². The lowest BCUT2D eigenvalue weighted by Crippen LogP contribution is -2.19. The number of aryl methyl sites for hydroxylation is 1. The van der Waals surface area contributed by atoms with Gasteiger partial charge in [-0.25, -0.2) is 9.97 Å². The highest BCUT2D eigenvalue weighted by atomic mass is 79.9. The van der Waals surface area contributed by atoms with E-state index in [1.165, 1.54) is 11.1 Å². The normalized spacial score (nSPS) is 11.1. The van der Waals surface area contributed by atoms with Crippen LogP contribution < -0.4 is 5.32 Å². The van der Waals surface area contributed by atoms with Gasteiger partial charge in [0.1, 0.15) is 10.1 Å². The molecule has 0 amide bonds. The van der Waals surface area contributed by atoms with E-state index in [4.69, 9.17) is 0 Å². The Bertz CT molecular complexity index is 602. The van der Waals surface area contributed by atoms with Gasteiger partial charge in [-0.05, 0) is 70.3 Å². The van der Waals surface area contributed by atoms with Crippen LogP contribution in [0.3, 0.4) is 0 Å². The van der Waals surface area contributed by atoms with E-state index in [9.17, 15) is 0 Å². The topological polar surface area (TPSA) is 37.8 Å². The van der Waals surface area contributed by atoms with E-state index in [-0.39, 0.29) is 0 Å². The first-order valence-electron chi connectivity index (χ1n) is 7.01. The zero-order valence-corrected chi connectivity index (χ0v) is 15.0. The minimum absolute atomic E-state index is 0.662. The van der Waals surface area contributed by atoms with Crippen molar-refractivity contribution in [2.45, 2.75) is 37.4 Å². The standard InChI is InChI=1S/C16H20BrN3S/c1-11(2)8-18-9-13-7-12(3)15(20-10-13)21-16-14(17)5-4-6-19-16/h4-7,10-11,18H,8-9H2,1-3H3. The van der Waals surface area contributed by atoms with E-state index in [2.05, 4.69) is 58.1 Å². The summed E-state index contributed by atoms with van der Waals surface area (Å²) >= 11 is 5.11. The van der Waals surface area contributed by atoms with Crippen LogP contribution in [0.25, 0.3) is 0 Å².